The summed E-state index contributed by atoms with van der Waals surface area (Å²) in [6.45, 7) is 5.19. The topological polar surface area (TPSA) is 139 Å². The third-order valence-corrected chi connectivity index (χ3v) is 10.8. The molecule has 1 aromatic carbocycles. The summed E-state index contributed by atoms with van der Waals surface area (Å²) < 4.78 is 30.5. The number of aliphatic hydroxyl groups excluding tert-OH is 1. The monoisotopic (exact) mass is 623 g/mol. The lowest BCUT2D eigenvalue weighted by Gasteiger charge is -2.43. The summed E-state index contributed by atoms with van der Waals surface area (Å²) in [6.07, 6.45) is 1.17. The number of hydrogen-bond acceptors (Lipinski definition) is 8. The Morgan fingerprint density at radius 3 is 2.66 bits per heavy atom. The number of anilines is 1. The summed E-state index contributed by atoms with van der Waals surface area (Å²) in [5.41, 5.74) is 0.923. The van der Waals surface area contributed by atoms with Crippen molar-refractivity contribution in [3.8, 4) is 0 Å². The molecule has 2 aromatic rings. The predicted molar refractivity (Wildman–Crippen MR) is 156 cm³/mol. The fourth-order valence-corrected chi connectivity index (χ4v) is 8.37. The number of carbonyl (C=O) groups is 3. The number of halogens is 1. The number of nitrogens with zero attached hydrogens (tertiary/aromatic N) is 3. The quantitative estimate of drug-likeness (QED) is 0.406. The van der Waals surface area contributed by atoms with Gasteiger partial charge in [0.05, 0.1) is 20.2 Å². The third kappa shape index (κ3) is 6.30. The van der Waals surface area contributed by atoms with Crippen molar-refractivity contribution < 1.29 is 27.9 Å². The number of thiophene rings is 1. The largest absolute Gasteiger partial charge is 0.392 e. The second-order valence-electron chi connectivity index (χ2n) is 10.9. The minimum atomic E-state index is -4.25. The number of rotatable bonds is 8. The summed E-state index contributed by atoms with van der Waals surface area (Å²) in [4.78, 5) is 44.8. The molecule has 3 amide bonds. The number of fused-ring (bicyclic) bond motifs is 1. The number of benzene rings is 1. The summed E-state index contributed by atoms with van der Waals surface area (Å²) in [5, 5.41) is 12.8. The average molecular weight is 624 g/mol. The molecule has 0 saturated carbocycles. The van der Waals surface area contributed by atoms with Gasteiger partial charge in [0.25, 0.3) is 5.91 Å². The molecule has 3 fully saturated rings. The standard InChI is InChI=1S/C27H34ClN5O6S2/c1-16-13-31-15-19(34)11-18(31)14-33(16)27(37)20(12-29-26(36)22-8-9-24(28)40-22)30-41(38,39)23-6-3-5-21(17(23)2)32-10-4-7-25(32)35/h3,5-6,8-9,16,18-20,30,34H,4,7,10-15H2,1-2H3,(H,29,36)/t16-,18-,19+,20-/m0/s1. The van der Waals surface area contributed by atoms with Gasteiger partial charge in [0.2, 0.25) is 21.8 Å². The second-order valence-corrected chi connectivity index (χ2v) is 14.3. The molecule has 0 unspecified atom stereocenters. The average Bonchev–Trinajstić information content (AvgIpc) is 3.64. The van der Waals surface area contributed by atoms with Crippen LogP contribution in [0.1, 0.15) is 41.4 Å². The molecule has 14 heteroatoms. The van der Waals surface area contributed by atoms with E-state index in [1.165, 1.54) is 6.07 Å². The molecule has 4 atom stereocenters. The molecule has 1 aromatic heterocycles. The number of nitrogens with one attached hydrogen (secondary N) is 2. The predicted octanol–water partition coefficient (Wildman–Crippen LogP) is 1.58. The van der Waals surface area contributed by atoms with Crippen molar-refractivity contribution in [2.24, 2.45) is 0 Å². The van der Waals surface area contributed by atoms with E-state index in [0.717, 1.165) is 11.3 Å². The van der Waals surface area contributed by atoms with Gasteiger partial charge in [0.1, 0.15) is 6.04 Å². The number of amides is 3. The number of piperazine rings is 1. The van der Waals surface area contributed by atoms with Gasteiger partial charge in [-0.15, -0.1) is 11.3 Å². The number of hydrogen-bond donors (Lipinski definition) is 3. The van der Waals surface area contributed by atoms with Crippen molar-refractivity contribution in [1.82, 2.24) is 19.8 Å². The van der Waals surface area contributed by atoms with Crippen LogP contribution in [0.4, 0.5) is 5.69 Å². The van der Waals surface area contributed by atoms with E-state index >= 15 is 0 Å². The summed E-state index contributed by atoms with van der Waals surface area (Å²) in [6, 6.07) is 6.33. The molecular weight excluding hydrogens is 590 g/mol. The Labute approximate surface area is 248 Å². The summed E-state index contributed by atoms with van der Waals surface area (Å²) in [7, 11) is -4.25. The Balaban J connectivity index is 1.40. The van der Waals surface area contributed by atoms with Gasteiger partial charge < -0.3 is 20.2 Å². The van der Waals surface area contributed by atoms with E-state index in [4.69, 9.17) is 11.6 Å². The van der Waals surface area contributed by atoms with Crippen molar-refractivity contribution in [3.63, 3.8) is 0 Å². The first-order valence-electron chi connectivity index (χ1n) is 13.6. The Bertz CT molecular complexity index is 1450. The van der Waals surface area contributed by atoms with E-state index in [1.54, 1.807) is 41.0 Å². The number of sulfonamides is 1. The van der Waals surface area contributed by atoms with Gasteiger partial charge in [-0.1, -0.05) is 17.7 Å². The van der Waals surface area contributed by atoms with Gasteiger partial charge in [-0.25, -0.2) is 8.42 Å². The van der Waals surface area contributed by atoms with E-state index in [2.05, 4.69) is 14.9 Å². The van der Waals surface area contributed by atoms with Crippen molar-refractivity contribution in [2.45, 2.75) is 62.2 Å². The van der Waals surface area contributed by atoms with Gasteiger partial charge in [-0.3, -0.25) is 19.3 Å². The van der Waals surface area contributed by atoms with Gasteiger partial charge in [-0.05, 0) is 56.5 Å². The second kappa shape index (κ2) is 12.0. The third-order valence-electron chi connectivity index (χ3n) is 8.00. The van der Waals surface area contributed by atoms with Crippen molar-refractivity contribution >= 4 is 56.4 Å². The first-order valence-corrected chi connectivity index (χ1v) is 16.3. The minimum Gasteiger partial charge on any atom is -0.392 e. The fraction of sp³-hybridized carbons (Fsp3) is 0.519. The Morgan fingerprint density at radius 2 is 1.98 bits per heavy atom. The van der Waals surface area contributed by atoms with Crippen LogP contribution in [-0.2, 0) is 19.6 Å². The van der Waals surface area contributed by atoms with E-state index in [1.807, 2.05) is 6.92 Å². The maximum absolute atomic E-state index is 13.9. The summed E-state index contributed by atoms with van der Waals surface area (Å²) >= 11 is 7.05. The SMILES string of the molecule is Cc1c(N2CCCC2=O)cccc1S(=O)(=O)N[C@@H](CNC(=O)c1ccc(Cl)s1)C(=O)N1C[C@@H]2C[C@@H](O)CN2C[C@@H]1C. The molecule has 41 heavy (non-hydrogen) atoms. The van der Waals surface area contributed by atoms with Crippen molar-refractivity contribution in [1.29, 1.82) is 0 Å². The molecule has 3 aliphatic heterocycles. The molecule has 0 radical (unpaired) electrons. The van der Waals surface area contributed by atoms with Gasteiger partial charge in [0.15, 0.2) is 0 Å². The normalized spacial score (nSPS) is 24.0. The Morgan fingerprint density at radius 1 is 1.20 bits per heavy atom. The van der Waals surface area contributed by atoms with Crippen LogP contribution in [0.25, 0.3) is 0 Å². The zero-order chi connectivity index (χ0) is 29.5. The highest BCUT2D eigenvalue weighted by Gasteiger charge is 2.42. The first-order chi connectivity index (χ1) is 19.4. The lowest BCUT2D eigenvalue weighted by atomic mass is 10.1. The molecule has 222 valence electrons. The van der Waals surface area contributed by atoms with E-state index in [-0.39, 0.29) is 29.4 Å². The molecule has 0 aliphatic carbocycles. The molecule has 3 N–H and O–H groups in total. The Hall–Kier alpha value is -2.55. The van der Waals surface area contributed by atoms with Crippen LogP contribution in [0, 0.1) is 6.92 Å². The van der Waals surface area contributed by atoms with Gasteiger partial charge in [0, 0.05) is 56.9 Å². The van der Waals surface area contributed by atoms with Crippen LogP contribution in [0.3, 0.4) is 0 Å². The van der Waals surface area contributed by atoms with Crippen LogP contribution in [-0.4, -0.2) is 98.0 Å². The molecule has 3 saturated heterocycles. The zero-order valence-corrected chi connectivity index (χ0v) is 25.3. The summed E-state index contributed by atoms with van der Waals surface area (Å²) in [5.74, 6) is -0.998. The number of aliphatic hydroxyl groups is 1. The van der Waals surface area contributed by atoms with Crippen molar-refractivity contribution in [2.75, 3.05) is 37.6 Å². The van der Waals surface area contributed by atoms with Crippen LogP contribution in [0.5, 0.6) is 0 Å². The maximum atomic E-state index is 13.9. The van der Waals surface area contributed by atoms with Crippen molar-refractivity contribution in [3.05, 3.63) is 45.1 Å². The van der Waals surface area contributed by atoms with Gasteiger partial charge in [-0.2, -0.15) is 4.72 Å². The van der Waals surface area contributed by atoms with Crippen LogP contribution < -0.4 is 14.9 Å². The molecule has 0 spiro atoms. The molecule has 4 heterocycles. The highest BCUT2D eigenvalue weighted by molar-refractivity contribution is 7.89. The number of carbonyl (C=O) groups excluding carboxylic acids is 3. The highest BCUT2D eigenvalue weighted by atomic mass is 35.5. The van der Waals surface area contributed by atoms with Crippen LogP contribution >= 0.6 is 22.9 Å². The lowest BCUT2D eigenvalue weighted by molar-refractivity contribution is -0.138. The van der Waals surface area contributed by atoms with E-state index < -0.39 is 34.0 Å². The molecule has 3 aliphatic rings. The zero-order valence-electron chi connectivity index (χ0n) is 22.9. The smallest absolute Gasteiger partial charge is 0.261 e. The lowest BCUT2D eigenvalue weighted by Crippen LogP contribution is -2.62. The molecule has 11 nitrogen and oxygen atoms in total. The van der Waals surface area contributed by atoms with Crippen LogP contribution in [0.2, 0.25) is 4.34 Å². The molecular formula is C27H34ClN5O6S2. The van der Waals surface area contributed by atoms with Gasteiger partial charge >= 0.3 is 0 Å². The Kier molecular flexibility index (Phi) is 8.74. The van der Waals surface area contributed by atoms with E-state index in [0.29, 0.717) is 65.9 Å². The van der Waals surface area contributed by atoms with Crippen LogP contribution in [0.15, 0.2) is 35.2 Å². The maximum Gasteiger partial charge on any atom is 0.261 e. The highest BCUT2D eigenvalue weighted by Crippen LogP contribution is 2.30. The van der Waals surface area contributed by atoms with E-state index in [9.17, 15) is 27.9 Å². The molecule has 5 rings (SSSR count). The fourth-order valence-electron chi connectivity index (χ4n) is 5.96. The first kappa shape index (κ1) is 29.9. The molecule has 0 bridgehead atoms. The minimum absolute atomic E-state index is 0.0258.